The zero-order valence-corrected chi connectivity index (χ0v) is 18.0. The lowest BCUT2D eigenvalue weighted by molar-refractivity contribution is 0.113. The molecule has 1 saturated heterocycles. The Balaban J connectivity index is 1.42. The second-order valence-corrected chi connectivity index (χ2v) is 8.28. The molecule has 30 heavy (non-hydrogen) atoms. The first-order chi connectivity index (χ1) is 14.7. The largest absolute Gasteiger partial charge is 0.294 e. The van der Waals surface area contributed by atoms with Crippen LogP contribution in [-0.4, -0.2) is 42.3 Å². The average molecular weight is 398 g/mol. The Morgan fingerprint density at radius 3 is 1.70 bits per heavy atom. The second-order valence-electron chi connectivity index (χ2n) is 8.28. The Morgan fingerprint density at radius 2 is 1.20 bits per heavy atom. The molecule has 0 N–H and O–H groups in total. The molecule has 3 aromatic carbocycles. The third-order valence-electron chi connectivity index (χ3n) is 5.86. The molecule has 0 bridgehead atoms. The zero-order chi connectivity index (χ0) is 20.8. The summed E-state index contributed by atoms with van der Waals surface area (Å²) in [5.74, 6) is 0.561. The third kappa shape index (κ3) is 4.98. The molecule has 4 rings (SSSR count). The highest BCUT2D eigenvalue weighted by molar-refractivity contribution is 5.79. The van der Waals surface area contributed by atoms with Crippen LogP contribution in [0.3, 0.4) is 0 Å². The van der Waals surface area contributed by atoms with Gasteiger partial charge in [-0.3, -0.25) is 9.91 Å². The summed E-state index contributed by atoms with van der Waals surface area (Å²) < 4.78 is 0. The fourth-order valence-corrected chi connectivity index (χ4v) is 4.09. The number of hydrogen-bond acceptors (Lipinski definition) is 3. The van der Waals surface area contributed by atoms with Gasteiger partial charge < -0.3 is 0 Å². The van der Waals surface area contributed by atoms with E-state index in [1.54, 1.807) is 0 Å². The van der Waals surface area contributed by atoms with E-state index in [0.717, 1.165) is 31.7 Å². The summed E-state index contributed by atoms with van der Waals surface area (Å²) in [4.78, 5) is 2.58. The maximum atomic E-state index is 4.75. The molecule has 0 radical (unpaired) electrons. The highest BCUT2D eigenvalue weighted by atomic mass is 15.5. The molecule has 1 aliphatic heterocycles. The minimum Gasteiger partial charge on any atom is -0.294 e. The van der Waals surface area contributed by atoms with Crippen LogP contribution in [0.1, 0.15) is 48.1 Å². The van der Waals surface area contributed by atoms with Gasteiger partial charge in [0, 0.05) is 26.2 Å². The predicted octanol–water partition coefficient (Wildman–Crippen LogP) is 5.55. The van der Waals surface area contributed by atoms with E-state index in [1.165, 1.54) is 16.7 Å². The quantitative estimate of drug-likeness (QED) is 0.508. The van der Waals surface area contributed by atoms with Gasteiger partial charge in [0.15, 0.2) is 0 Å². The van der Waals surface area contributed by atoms with Crippen molar-refractivity contribution in [2.75, 3.05) is 26.2 Å². The summed E-state index contributed by atoms with van der Waals surface area (Å²) in [5, 5.41) is 6.94. The maximum Gasteiger partial charge on any atom is 0.0603 e. The number of benzene rings is 3. The molecule has 3 nitrogen and oxygen atoms in total. The molecule has 3 heteroatoms. The number of rotatable bonds is 6. The minimum absolute atomic E-state index is 0.294. The van der Waals surface area contributed by atoms with Gasteiger partial charge in [0.2, 0.25) is 0 Å². The van der Waals surface area contributed by atoms with E-state index >= 15 is 0 Å². The number of piperazine rings is 1. The lowest BCUT2D eigenvalue weighted by atomic mass is 9.96. The number of hydrogen-bond donors (Lipinski definition) is 0. The van der Waals surface area contributed by atoms with Crippen molar-refractivity contribution >= 4 is 6.21 Å². The Hall–Kier alpha value is -2.91. The molecule has 0 amide bonds. The van der Waals surface area contributed by atoms with Gasteiger partial charge in [0.25, 0.3) is 0 Å². The normalized spacial score (nSPS) is 15.4. The zero-order valence-electron chi connectivity index (χ0n) is 18.0. The van der Waals surface area contributed by atoms with E-state index in [-0.39, 0.29) is 0 Å². The molecule has 0 aromatic heterocycles. The van der Waals surface area contributed by atoms with E-state index in [4.69, 9.17) is 5.10 Å². The van der Waals surface area contributed by atoms with E-state index in [2.05, 4.69) is 109 Å². The predicted molar refractivity (Wildman–Crippen MR) is 126 cm³/mol. The van der Waals surface area contributed by atoms with Crippen molar-refractivity contribution in [1.82, 2.24) is 9.91 Å². The van der Waals surface area contributed by atoms with Crippen molar-refractivity contribution in [1.29, 1.82) is 0 Å². The summed E-state index contributed by atoms with van der Waals surface area (Å²) in [7, 11) is 0. The smallest absolute Gasteiger partial charge is 0.0603 e. The summed E-state index contributed by atoms with van der Waals surface area (Å²) in [6.07, 6.45) is 1.99. The molecule has 3 aromatic rings. The fourth-order valence-electron chi connectivity index (χ4n) is 4.09. The molecule has 154 valence electrons. The highest BCUT2D eigenvalue weighted by Crippen LogP contribution is 2.29. The van der Waals surface area contributed by atoms with Gasteiger partial charge in [0.1, 0.15) is 0 Å². The standard InChI is InChI=1S/C27H31N3/c1-22(2)24-15-13-23(14-16-24)21-28-30-19-17-29(18-20-30)27(25-9-5-3-6-10-25)26-11-7-4-8-12-26/h3-16,21-22,27H,17-20H2,1-2H3. The first kappa shape index (κ1) is 20.4. The molecule has 1 fully saturated rings. The summed E-state index contributed by atoms with van der Waals surface area (Å²) in [5.41, 5.74) is 5.23. The monoisotopic (exact) mass is 397 g/mol. The van der Waals surface area contributed by atoms with Crippen molar-refractivity contribution in [3.05, 3.63) is 107 Å². The van der Waals surface area contributed by atoms with Crippen molar-refractivity contribution in [3.8, 4) is 0 Å². The first-order valence-corrected chi connectivity index (χ1v) is 10.9. The van der Waals surface area contributed by atoms with E-state index in [1.807, 2.05) is 6.21 Å². The topological polar surface area (TPSA) is 18.8 Å². The van der Waals surface area contributed by atoms with Crippen molar-refractivity contribution in [3.63, 3.8) is 0 Å². The van der Waals surface area contributed by atoms with E-state index in [0.29, 0.717) is 12.0 Å². The van der Waals surface area contributed by atoms with Gasteiger partial charge in [-0.2, -0.15) is 5.10 Å². The van der Waals surface area contributed by atoms with Crippen LogP contribution < -0.4 is 0 Å². The van der Waals surface area contributed by atoms with Gasteiger partial charge in [-0.25, -0.2) is 0 Å². The lowest BCUT2D eigenvalue weighted by Gasteiger charge is -2.38. The Kier molecular flexibility index (Phi) is 6.60. The molecule has 0 aliphatic carbocycles. The molecule has 0 unspecified atom stereocenters. The molecule has 1 heterocycles. The van der Waals surface area contributed by atoms with Crippen LogP contribution in [0.2, 0.25) is 0 Å². The third-order valence-corrected chi connectivity index (χ3v) is 5.86. The number of hydrazone groups is 1. The molecule has 0 spiro atoms. The summed E-state index contributed by atoms with van der Waals surface area (Å²) in [6, 6.07) is 30.7. The average Bonchev–Trinajstić information content (AvgIpc) is 2.80. The Morgan fingerprint density at radius 1 is 0.667 bits per heavy atom. The maximum absolute atomic E-state index is 4.75. The van der Waals surface area contributed by atoms with E-state index in [9.17, 15) is 0 Å². The molecule has 1 aliphatic rings. The fraction of sp³-hybridized carbons (Fsp3) is 0.296. The van der Waals surface area contributed by atoms with Crippen molar-refractivity contribution in [2.45, 2.75) is 25.8 Å². The lowest BCUT2D eigenvalue weighted by Crippen LogP contribution is -2.45. The first-order valence-electron chi connectivity index (χ1n) is 10.9. The van der Waals surface area contributed by atoms with Crippen LogP contribution in [0.15, 0.2) is 90.0 Å². The van der Waals surface area contributed by atoms with Crippen LogP contribution >= 0.6 is 0 Å². The highest BCUT2D eigenvalue weighted by Gasteiger charge is 2.25. The Labute approximate surface area is 180 Å². The molecule has 0 saturated carbocycles. The molecule has 0 atom stereocenters. The summed E-state index contributed by atoms with van der Waals surface area (Å²) in [6.45, 7) is 8.32. The van der Waals surface area contributed by atoms with Gasteiger partial charge in [-0.05, 0) is 28.2 Å². The van der Waals surface area contributed by atoms with Crippen molar-refractivity contribution < 1.29 is 0 Å². The van der Waals surface area contributed by atoms with E-state index < -0.39 is 0 Å². The molecular formula is C27H31N3. The van der Waals surface area contributed by atoms with Crippen LogP contribution in [0, 0.1) is 0 Å². The second kappa shape index (κ2) is 9.73. The van der Waals surface area contributed by atoms with Crippen LogP contribution in [0.25, 0.3) is 0 Å². The summed E-state index contributed by atoms with van der Waals surface area (Å²) >= 11 is 0. The van der Waals surface area contributed by atoms with Gasteiger partial charge >= 0.3 is 0 Å². The van der Waals surface area contributed by atoms with Crippen LogP contribution in [-0.2, 0) is 0 Å². The van der Waals surface area contributed by atoms with Crippen molar-refractivity contribution in [2.24, 2.45) is 5.10 Å². The van der Waals surface area contributed by atoms with Gasteiger partial charge in [-0.15, -0.1) is 0 Å². The van der Waals surface area contributed by atoms with Gasteiger partial charge in [0.05, 0.1) is 12.3 Å². The molecular weight excluding hydrogens is 366 g/mol. The SMILES string of the molecule is CC(C)c1ccc(C=NN2CCN(C(c3ccccc3)c3ccccc3)CC2)cc1. The number of nitrogens with zero attached hydrogens (tertiary/aromatic N) is 3. The van der Waals surface area contributed by atoms with Crippen LogP contribution in [0.4, 0.5) is 0 Å². The van der Waals surface area contributed by atoms with Gasteiger partial charge in [-0.1, -0.05) is 98.8 Å². The Bertz CT molecular complexity index is 885. The van der Waals surface area contributed by atoms with Crippen LogP contribution in [0.5, 0.6) is 0 Å². The minimum atomic E-state index is 0.294.